The predicted octanol–water partition coefficient (Wildman–Crippen LogP) is 5.42. The third-order valence-corrected chi connectivity index (χ3v) is 4.35. The lowest BCUT2D eigenvalue weighted by molar-refractivity contribution is 0.125. The first kappa shape index (κ1) is 16.0. The van der Waals surface area contributed by atoms with Crippen molar-refractivity contribution in [1.29, 1.82) is 0 Å². The lowest BCUT2D eigenvalue weighted by atomic mass is 9.80. The smallest absolute Gasteiger partial charge is 0.142 e. The zero-order valence-corrected chi connectivity index (χ0v) is 13.5. The van der Waals surface area contributed by atoms with Gasteiger partial charge in [-0.1, -0.05) is 71.7 Å². The molecule has 0 radical (unpaired) electrons. The fraction of sp³-hybridized carbons (Fsp3) is 0.0526. The van der Waals surface area contributed by atoms with Gasteiger partial charge in [0.05, 0.1) is 5.02 Å². The summed E-state index contributed by atoms with van der Waals surface area (Å²) in [6, 6.07) is 20.2. The van der Waals surface area contributed by atoms with Gasteiger partial charge in [-0.25, -0.2) is 4.39 Å². The van der Waals surface area contributed by atoms with Crippen LogP contribution in [0.4, 0.5) is 4.39 Å². The molecule has 3 aromatic rings. The van der Waals surface area contributed by atoms with Crippen molar-refractivity contribution in [2.24, 2.45) is 0 Å². The van der Waals surface area contributed by atoms with Crippen molar-refractivity contribution < 1.29 is 9.50 Å². The minimum Gasteiger partial charge on any atom is -0.376 e. The van der Waals surface area contributed by atoms with Gasteiger partial charge in [0.25, 0.3) is 0 Å². The van der Waals surface area contributed by atoms with E-state index in [9.17, 15) is 9.50 Å². The summed E-state index contributed by atoms with van der Waals surface area (Å²) in [5, 5.41) is 12.1. The highest BCUT2D eigenvalue weighted by Gasteiger charge is 2.34. The Morgan fingerprint density at radius 1 is 0.739 bits per heavy atom. The van der Waals surface area contributed by atoms with E-state index in [1.807, 2.05) is 18.2 Å². The SMILES string of the molecule is OC(c1ccccc1)(c1ccc(Cl)cc1)c1ccc(Cl)c(F)c1. The Bertz CT molecular complexity index is 819. The van der Waals surface area contributed by atoms with Crippen molar-refractivity contribution >= 4 is 23.2 Å². The summed E-state index contributed by atoms with van der Waals surface area (Å²) >= 11 is 11.7. The Morgan fingerprint density at radius 2 is 1.30 bits per heavy atom. The van der Waals surface area contributed by atoms with Crippen LogP contribution in [0, 0.1) is 5.82 Å². The Balaban J connectivity index is 2.25. The maximum atomic E-state index is 13.9. The molecule has 0 aliphatic rings. The molecule has 0 aliphatic heterocycles. The van der Waals surface area contributed by atoms with E-state index in [4.69, 9.17) is 23.2 Å². The molecule has 4 heteroatoms. The highest BCUT2D eigenvalue weighted by molar-refractivity contribution is 6.31. The summed E-state index contributed by atoms with van der Waals surface area (Å²) in [4.78, 5) is 0. The highest BCUT2D eigenvalue weighted by atomic mass is 35.5. The molecule has 0 aromatic heterocycles. The standard InChI is InChI=1S/C19H13Cl2FO/c20-16-9-6-14(7-10-16)19(23,13-4-2-1-3-5-13)15-8-11-17(21)18(22)12-15/h1-12,23H. The van der Waals surface area contributed by atoms with Gasteiger partial charge in [-0.3, -0.25) is 0 Å². The Morgan fingerprint density at radius 3 is 1.91 bits per heavy atom. The third kappa shape index (κ3) is 2.98. The van der Waals surface area contributed by atoms with Crippen LogP contribution in [0.15, 0.2) is 72.8 Å². The summed E-state index contributed by atoms with van der Waals surface area (Å²) in [7, 11) is 0. The molecule has 1 nitrogen and oxygen atoms in total. The second kappa shape index (κ2) is 6.32. The van der Waals surface area contributed by atoms with Crippen molar-refractivity contribution in [3.8, 4) is 0 Å². The molecule has 0 spiro atoms. The van der Waals surface area contributed by atoms with Crippen LogP contribution in [0.1, 0.15) is 16.7 Å². The average molecular weight is 347 g/mol. The molecule has 0 saturated carbocycles. The van der Waals surface area contributed by atoms with Gasteiger partial charge in [0, 0.05) is 5.02 Å². The summed E-state index contributed by atoms with van der Waals surface area (Å²) in [5.74, 6) is -0.576. The molecule has 0 amide bonds. The van der Waals surface area contributed by atoms with Crippen LogP contribution in [-0.2, 0) is 5.60 Å². The number of halogens is 3. The molecular weight excluding hydrogens is 334 g/mol. The van der Waals surface area contributed by atoms with Gasteiger partial charge in [0.2, 0.25) is 0 Å². The third-order valence-electron chi connectivity index (χ3n) is 3.79. The molecule has 1 N–H and O–H groups in total. The van der Waals surface area contributed by atoms with Crippen LogP contribution >= 0.6 is 23.2 Å². The first-order chi connectivity index (χ1) is 11.0. The molecule has 3 aromatic carbocycles. The fourth-order valence-corrected chi connectivity index (χ4v) is 2.84. The van der Waals surface area contributed by atoms with Gasteiger partial charge in [-0.05, 0) is 41.0 Å². The van der Waals surface area contributed by atoms with Gasteiger partial charge in [-0.15, -0.1) is 0 Å². The minimum absolute atomic E-state index is 0.0141. The van der Waals surface area contributed by atoms with Gasteiger partial charge >= 0.3 is 0 Å². The molecule has 0 aliphatic carbocycles. The van der Waals surface area contributed by atoms with E-state index in [2.05, 4.69) is 0 Å². The number of aliphatic hydroxyl groups is 1. The second-order valence-corrected chi connectivity index (χ2v) is 6.06. The molecule has 0 saturated heterocycles. The lowest BCUT2D eigenvalue weighted by Gasteiger charge is -2.30. The van der Waals surface area contributed by atoms with E-state index in [-0.39, 0.29) is 5.02 Å². The normalized spacial score (nSPS) is 13.6. The van der Waals surface area contributed by atoms with Crippen molar-refractivity contribution in [3.05, 3.63) is 105 Å². The van der Waals surface area contributed by atoms with E-state index in [1.54, 1.807) is 42.5 Å². The van der Waals surface area contributed by atoms with Crippen molar-refractivity contribution in [3.63, 3.8) is 0 Å². The zero-order valence-electron chi connectivity index (χ0n) is 12.0. The van der Waals surface area contributed by atoms with Gasteiger partial charge in [0.1, 0.15) is 11.4 Å². The number of hydrogen-bond acceptors (Lipinski definition) is 1. The molecule has 0 bridgehead atoms. The van der Waals surface area contributed by atoms with Crippen LogP contribution in [0.3, 0.4) is 0 Å². The molecule has 1 atom stereocenters. The van der Waals surface area contributed by atoms with E-state index in [0.29, 0.717) is 21.7 Å². The molecule has 0 heterocycles. The summed E-state index contributed by atoms with van der Waals surface area (Å²) < 4.78 is 13.9. The van der Waals surface area contributed by atoms with Crippen LogP contribution < -0.4 is 0 Å². The highest BCUT2D eigenvalue weighted by Crippen LogP contribution is 2.38. The number of rotatable bonds is 3. The first-order valence-corrected chi connectivity index (χ1v) is 7.77. The Hall–Kier alpha value is -1.87. The molecular formula is C19H13Cl2FO. The zero-order chi connectivity index (χ0) is 16.4. The first-order valence-electron chi connectivity index (χ1n) is 7.01. The summed E-state index contributed by atoms with van der Waals surface area (Å²) in [6.07, 6.45) is 0. The second-order valence-electron chi connectivity index (χ2n) is 5.21. The van der Waals surface area contributed by atoms with Gasteiger partial charge < -0.3 is 5.11 Å². The van der Waals surface area contributed by atoms with Crippen molar-refractivity contribution in [1.82, 2.24) is 0 Å². The summed E-state index contributed by atoms with van der Waals surface area (Å²) in [5.41, 5.74) is 0.115. The molecule has 3 rings (SSSR count). The van der Waals surface area contributed by atoms with Gasteiger partial charge in [-0.2, -0.15) is 0 Å². The maximum Gasteiger partial charge on any atom is 0.142 e. The topological polar surface area (TPSA) is 20.2 Å². The van der Waals surface area contributed by atoms with Crippen molar-refractivity contribution in [2.75, 3.05) is 0 Å². The fourth-order valence-electron chi connectivity index (χ4n) is 2.59. The maximum absolute atomic E-state index is 13.9. The van der Waals surface area contributed by atoms with Crippen LogP contribution in [0.2, 0.25) is 10.0 Å². The van der Waals surface area contributed by atoms with E-state index in [0.717, 1.165) is 0 Å². The van der Waals surface area contributed by atoms with Crippen LogP contribution in [0.25, 0.3) is 0 Å². The van der Waals surface area contributed by atoms with Crippen LogP contribution in [-0.4, -0.2) is 5.11 Å². The quantitative estimate of drug-likeness (QED) is 0.628. The monoisotopic (exact) mass is 346 g/mol. The van der Waals surface area contributed by atoms with E-state index < -0.39 is 11.4 Å². The number of benzene rings is 3. The van der Waals surface area contributed by atoms with Gasteiger partial charge in [0.15, 0.2) is 0 Å². The van der Waals surface area contributed by atoms with E-state index >= 15 is 0 Å². The van der Waals surface area contributed by atoms with Crippen LogP contribution in [0.5, 0.6) is 0 Å². The Labute approximate surface area is 143 Å². The predicted molar refractivity (Wildman–Crippen MR) is 91.4 cm³/mol. The molecule has 116 valence electrons. The molecule has 23 heavy (non-hydrogen) atoms. The summed E-state index contributed by atoms with van der Waals surface area (Å²) in [6.45, 7) is 0. The largest absolute Gasteiger partial charge is 0.376 e. The molecule has 0 fully saturated rings. The minimum atomic E-state index is -1.50. The lowest BCUT2D eigenvalue weighted by Crippen LogP contribution is -2.29. The van der Waals surface area contributed by atoms with E-state index in [1.165, 1.54) is 12.1 Å². The van der Waals surface area contributed by atoms with Crippen molar-refractivity contribution in [2.45, 2.75) is 5.60 Å². The average Bonchev–Trinajstić information content (AvgIpc) is 2.58. The Kier molecular flexibility index (Phi) is 4.40. The molecule has 1 unspecified atom stereocenters. The number of hydrogen-bond donors (Lipinski definition) is 1.